The van der Waals surface area contributed by atoms with Crippen LogP contribution in [-0.4, -0.2) is 37.7 Å². The van der Waals surface area contributed by atoms with E-state index in [9.17, 15) is 18.0 Å². The second kappa shape index (κ2) is 10.3. The number of pyridine rings is 1. The highest BCUT2D eigenvalue weighted by Gasteiger charge is 2.26. The smallest absolute Gasteiger partial charge is 0.252 e. The van der Waals surface area contributed by atoms with Gasteiger partial charge >= 0.3 is 0 Å². The Balaban J connectivity index is 1.78. The molecular weight excluding hydrogens is 480 g/mol. The number of nitrogens with zero attached hydrogens (tertiary/aromatic N) is 1. The molecule has 8 nitrogen and oxygen atoms in total. The van der Waals surface area contributed by atoms with Gasteiger partial charge in [0.1, 0.15) is 0 Å². The van der Waals surface area contributed by atoms with Crippen molar-refractivity contribution in [3.8, 4) is 11.5 Å². The number of sulfonamides is 1. The van der Waals surface area contributed by atoms with Crippen LogP contribution >= 0.6 is 0 Å². The molecule has 36 heavy (non-hydrogen) atoms. The number of H-pyrrole nitrogens is 1. The number of carbonyl (C=O) groups excluding carboxylic acids is 1. The molecule has 0 fully saturated rings. The number of Topliss-reactive ketones (excluding diaryl/α,β-unsaturated/α-hetero) is 1. The summed E-state index contributed by atoms with van der Waals surface area (Å²) in [5.41, 5.74) is 1.59. The zero-order chi connectivity index (χ0) is 25.9. The van der Waals surface area contributed by atoms with Crippen molar-refractivity contribution in [2.75, 3.05) is 14.2 Å². The van der Waals surface area contributed by atoms with Crippen molar-refractivity contribution in [1.82, 2.24) is 9.29 Å². The molecule has 1 N–H and O–H groups in total. The van der Waals surface area contributed by atoms with Gasteiger partial charge in [0.2, 0.25) is 10.0 Å². The maximum absolute atomic E-state index is 13.7. The molecule has 186 valence electrons. The van der Waals surface area contributed by atoms with Crippen LogP contribution in [0.4, 0.5) is 0 Å². The summed E-state index contributed by atoms with van der Waals surface area (Å²) in [5.74, 6) is 0.799. The number of carbonyl (C=O) groups is 1. The van der Waals surface area contributed by atoms with Crippen LogP contribution in [-0.2, 0) is 23.1 Å². The molecule has 1 aromatic heterocycles. The zero-order valence-corrected chi connectivity index (χ0v) is 21.0. The molecule has 0 aliphatic heterocycles. The summed E-state index contributed by atoms with van der Waals surface area (Å²) in [6.45, 7) is 1.31. The molecule has 0 atom stereocenters. The van der Waals surface area contributed by atoms with Crippen LogP contribution in [0.5, 0.6) is 11.5 Å². The first-order valence-corrected chi connectivity index (χ1v) is 12.6. The van der Waals surface area contributed by atoms with E-state index in [1.165, 1.54) is 49.7 Å². The summed E-state index contributed by atoms with van der Waals surface area (Å²) in [6.07, 6.45) is 0. The van der Waals surface area contributed by atoms with Gasteiger partial charge in [-0.15, -0.1) is 0 Å². The fraction of sp³-hybridized carbons (Fsp3) is 0.185. The largest absolute Gasteiger partial charge is 0.493 e. The van der Waals surface area contributed by atoms with Crippen molar-refractivity contribution in [1.29, 1.82) is 0 Å². The first-order chi connectivity index (χ1) is 17.2. The topological polar surface area (TPSA) is 106 Å². The summed E-state index contributed by atoms with van der Waals surface area (Å²) in [6, 6.07) is 20.0. The molecule has 1 heterocycles. The van der Waals surface area contributed by atoms with Gasteiger partial charge in [-0.25, -0.2) is 8.42 Å². The Kier molecular flexibility index (Phi) is 7.23. The maximum atomic E-state index is 13.7. The number of benzene rings is 3. The van der Waals surface area contributed by atoms with E-state index in [0.717, 1.165) is 5.56 Å². The van der Waals surface area contributed by atoms with Crippen molar-refractivity contribution in [2.24, 2.45) is 0 Å². The Morgan fingerprint density at radius 2 is 1.53 bits per heavy atom. The molecule has 0 aliphatic rings. The third kappa shape index (κ3) is 5.17. The molecule has 4 aromatic rings. The van der Waals surface area contributed by atoms with Gasteiger partial charge in [-0.1, -0.05) is 42.5 Å². The minimum absolute atomic E-state index is 0.0343. The number of hydrogen-bond acceptors (Lipinski definition) is 6. The predicted molar refractivity (Wildman–Crippen MR) is 137 cm³/mol. The van der Waals surface area contributed by atoms with Gasteiger partial charge in [-0.2, -0.15) is 4.31 Å². The molecule has 0 amide bonds. The molecule has 9 heteroatoms. The van der Waals surface area contributed by atoms with E-state index in [1.54, 1.807) is 18.2 Å². The molecule has 3 aromatic carbocycles. The van der Waals surface area contributed by atoms with Crippen LogP contribution in [0.2, 0.25) is 0 Å². The van der Waals surface area contributed by atoms with Gasteiger partial charge in [-0.05, 0) is 36.8 Å². The fourth-order valence-electron chi connectivity index (χ4n) is 3.91. The molecule has 0 aliphatic carbocycles. The van der Waals surface area contributed by atoms with Crippen LogP contribution in [0.1, 0.15) is 28.4 Å². The monoisotopic (exact) mass is 506 g/mol. The molecule has 0 radical (unpaired) electrons. The Morgan fingerprint density at radius 3 is 2.14 bits per heavy atom. The minimum atomic E-state index is -4.01. The van der Waals surface area contributed by atoms with E-state index in [-0.39, 0.29) is 29.3 Å². The number of fused-ring (bicyclic) bond motifs is 1. The second-order valence-electron chi connectivity index (χ2n) is 8.26. The highest BCUT2D eigenvalue weighted by atomic mass is 32.2. The second-order valence-corrected chi connectivity index (χ2v) is 10.2. The first kappa shape index (κ1) is 25.2. The van der Waals surface area contributed by atoms with Crippen LogP contribution in [0, 0.1) is 0 Å². The van der Waals surface area contributed by atoms with Crippen molar-refractivity contribution >= 4 is 26.7 Å². The zero-order valence-electron chi connectivity index (χ0n) is 20.1. The normalized spacial score (nSPS) is 11.6. The number of aromatic nitrogens is 1. The molecule has 0 saturated heterocycles. The Morgan fingerprint density at radius 1 is 0.889 bits per heavy atom. The standard InChI is InChI=1S/C27H26N2O6S/c1-18(30)20-9-11-23(12-10-20)36(32,33)29(16-19-7-5-4-6-8-19)17-22-13-21-14-25(34-2)26(35-3)15-24(21)28-27(22)31/h4-15H,16-17H2,1-3H3,(H,28,31). The summed E-state index contributed by atoms with van der Waals surface area (Å²) >= 11 is 0. The van der Waals surface area contributed by atoms with E-state index >= 15 is 0 Å². The highest BCUT2D eigenvalue weighted by molar-refractivity contribution is 7.89. The van der Waals surface area contributed by atoms with E-state index in [4.69, 9.17) is 9.47 Å². The number of ketones is 1. The molecule has 0 spiro atoms. The lowest BCUT2D eigenvalue weighted by atomic mass is 10.1. The number of aromatic amines is 1. The third-order valence-corrected chi connectivity index (χ3v) is 7.68. The van der Waals surface area contributed by atoms with E-state index in [2.05, 4.69) is 4.98 Å². The fourth-order valence-corrected chi connectivity index (χ4v) is 5.32. The van der Waals surface area contributed by atoms with Crippen molar-refractivity contribution in [2.45, 2.75) is 24.9 Å². The van der Waals surface area contributed by atoms with Gasteiger partial charge in [0, 0.05) is 35.7 Å². The van der Waals surface area contributed by atoms with Crippen LogP contribution in [0.15, 0.2) is 82.5 Å². The first-order valence-electron chi connectivity index (χ1n) is 11.2. The van der Waals surface area contributed by atoms with Gasteiger partial charge in [-0.3, -0.25) is 9.59 Å². The number of hydrogen-bond donors (Lipinski definition) is 1. The van der Waals surface area contributed by atoms with Gasteiger partial charge < -0.3 is 14.5 Å². The third-order valence-electron chi connectivity index (χ3n) is 5.87. The summed E-state index contributed by atoms with van der Waals surface area (Å²) in [5, 5.41) is 0.671. The van der Waals surface area contributed by atoms with Crippen LogP contribution < -0.4 is 15.0 Å². The molecular formula is C27H26N2O6S. The summed E-state index contributed by atoms with van der Waals surface area (Å²) in [4.78, 5) is 27.5. The minimum Gasteiger partial charge on any atom is -0.493 e. The van der Waals surface area contributed by atoms with Gasteiger partial charge in [0.15, 0.2) is 17.3 Å². The maximum Gasteiger partial charge on any atom is 0.252 e. The lowest BCUT2D eigenvalue weighted by Crippen LogP contribution is -2.32. The van der Waals surface area contributed by atoms with Crippen molar-refractivity contribution < 1.29 is 22.7 Å². The van der Waals surface area contributed by atoms with Crippen molar-refractivity contribution in [3.63, 3.8) is 0 Å². The van der Waals surface area contributed by atoms with E-state index in [1.807, 2.05) is 30.3 Å². The molecule has 0 saturated carbocycles. The molecule has 0 unspecified atom stereocenters. The van der Waals surface area contributed by atoms with Gasteiger partial charge in [0.05, 0.1) is 24.6 Å². The van der Waals surface area contributed by atoms with Gasteiger partial charge in [0.25, 0.3) is 5.56 Å². The van der Waals surface area contributed by atoms with Crippen molar-refractivity contribution in [3.05, 3.63) is 99.8 Å². The summed E-state index contributed by atoms with van der Waals surface area (Å²) in [7, 11) is -0.988. The Hall–Kier alpha value is -3.95. The SMILES string of the molecule is COc1cc2cc(CN(Cc3ccccc3)S(=O)(=O)c3ccc(C(C)=O)cc3)c(=O)[nH]c2cc1OC. The number of ether oxygens (including phenoxy) is 2. The van der Waals surface area contributed by atoms with Crippen LogP contribution in [0.25, 0.3) is 10.9 Å². The lowest BCUT2D eigenvalue weighted by Gasteiger charge is -2.22. The van der Waals surface area contributed by atoms with E-state index in [0.29, 0.717) is 28.0 Å². The number of nitrogens with one attached hydrogen (secondary N) is 1. The Bertz CT molecular complexity index is 1560. The summed E-state index contributed by atoms with van der Waals surface area (Å²) < 4.78 is 39.3. The predicted octanol–water partition coefficient (Wildman–Crippen LogP) is 4.14. The average Bonchev–Trinajstić information content (AvgIpc) is 2.88. The number of rotatable bonds is 9. The molecule has 4 rings (SSSR count). The number of methoxy groups -OCH3 is 2. The van der Waals surface area contributed by atoms with E-state index < -0.39 is 15.6 Å². The quantitative estimate of drug-likeness (QED) is 0.342. The average molecular weight is 507 g/mol. The molecule has 0 bridgehead atoms. The lowest BCUT2D eigenvalue weighted by molar-refractivity contribution is 0.101. The highest BCUT2D eigenvalue weighted by Crippen LogP contribution is 2.31. The Labute approximate surface area is 209 Å². The van der Waals surface area contributed by atoms with Crippen LogP contribution in [0.3, 0.4) is 0 Å².